The Labute approximate surface area is 90.1 Å². The van der Waals surface area contributed by atoms with Crippen LogP contribution in [-0.4, -0.2) is 0 Å². The zero-order valence-electron chi connectivity index (χ0n) is 10.6. The predicted octanol–water partition coefficient (Wildman–Crippen LogP) is 5.12. The van der Waals surface area contributed by atoms with Gasteiger partial charge in [0.25, 0.3) is 0 Å². The van der Waals surface area contributed by atoms with Crippen molar-refractivity contribution in [1.82, 2.24) is 0 Å². The number of unbranched alkanes of at least 4 members (excludes halogenated alkanes) is 2. The van der Waals surface area contributed by atoms with E-state index in [1.54, 1.807) is 0 Å². The molecule has 0 aliphatic heterocycles. The first-order valence-corrected chi connectivity index (χ1v) is 5.83. The lowest BCUT2D eigenvalue weighted by Gasteiger charge is -2.16. The average molecular weight is 194 g/mol. The first kappa shape index (κ1) is 13.5. The molecule has 0 radical (unpaired) electrons. The van der Waals surface area contributed by atoms with E-state index in [0.29, 0.717) is 5.92 Å². The molecule has 0 saturated carbocycles. The Bertz CT molecular complexity index is 204. The Hall–Kier alpha value is -0.520. The molecule has 0 aromatic rings. The molecular weight excluding hydrogens is 168 g/mol. The summed E-state index contributed by atoms with van der Waals surface area (Å²) in [7, 11) is 0. The van der Waals surface area contributed by atoms with Crippen LogP contribution in [0.4, 0.5) is 0 Å². The molecule has 0 amide bonds. The molecule has 0 heterocycles. The maximum atomic E-state index is 4.20. The van der Waals surface area contributed by atoms with E-state index in [1.807, 2.05) is 0 Å². The third kappa shape index (κ3) is 4.64. The van der Waals surface area contributed by atoms with Gasteiger partial charge in [-0.2, -0.15) is 0 Å². The molecule has 0 heteroatoms. The molecule has 1 atom stereocenters. The van der Waals surface area contributed by atoms with Crippen molar-refractivity contribution in [2.45, 2.75) is 60.3 Å². The molecule has 0 aromatic heterocycles. The van der Waals surface area contributed by atoms with Crippen LogP contribution in [0, 0.1) is 5.92 Å². The Kier molecular flexibility index (Phi) is 6.61. The Morgan fingerprint density at radius 3 is 2.14 bits per heavy atom. The average Bonchev–Trinajstić information content (AvgIpc) is 2.15. The van der Waals surface area contributed by atoms with Crippen molar-refractivity contribution in [1.29, 1.82) is 0 Å². The van der Waals surface area contributed by atoms with Crippen LogP contribution in [0.15, 0.2) is 23.3 Å². The third-order valence-corrected chi connectivity index (χ3v) is 3.07. The number of hydrogen-bond donors (Lipinski definition) is 0. The van der Waals surface area contributed by atoms with Gasteiger partial charge in [0.05, 0.1) is 0 Å². The van der Waals surface area contributed by atoms with Crippen LogP contribution in [0.5, 0.6) is 0 Å². The van der Waals surface area contributed by atoms with Gasteiger partial charge in [0.15, 0.2) is 0 Å². The molecule has 0 spiro atoms. The highest BCUT2D eigenvalue weighted by Crippen LogP contribution is 2.24. The van der Waals surface area contributed by atoms with Gasteiger partial charge < -0.3 is 0 Å². The second-order valence-electron chi connectivity index (χ2n) is 4.55. The molecule has 0 N–H and O–H groups in total. The van der Waals surface area contributed by atoms with Crippen molar-refractivity contribution < 1.29 is 0 Å². The summed E-state index contributed by atoms with van der Waals surface area (Å²) in [6, 6.07) is 0. The molecule has 0 nitrogen and oxygen atoms in total. The first-order valence-electron chi connectivity index (χ1n) is 5.83. The lowest BCUT2D eigenvalue weighted by Crippen LogP contribution is -2.00. The van der Waals surface area contributed by atoms with E-state index in [-0.39, 0.29) is 0 Å². The second-order valence-corrected chi connectivity index (χ2v) is 4.55. The summed E-state index contributed by atoms with van der Waals surface area (Å²) in [4.78, 5) is 0. The van der Waals surface area contributed by atoms with Crippen LogP contribution in [0.25, 0.3) is 0 Å². The van der Waals surface area contributed by atoms with Crippen molar-refractivity contribution in [3.8, 4) is 0 Å². The Morgan fingerprint density at radius 2 is 1.71 bits per heavy atom. The van der Waals surface area contributed by atoms with Crippen LogP contribution < -0.4 is 0 Å². The van der Waals surface area contributed by atoms with E-state index in [2.05, 4.69) is 41.2 Å². The van der Waals surface area contributed by atoms with E-state index in [0.717, 1.165) is 0 Å². The van der Waals surface area contributed by atoms with Gasteiger partial charge in [-0.25, -0.2) is 0 Å². The zero-order valence-corrected chi connectivity index (χ0v) is 10.6. The highest BCUT2D eigenvalue weighted by atomic mass is 14.1. The normalized spacial score (nSPS) is 12.4. The smallest absolute Gasteiger partial charge is 0.0194 e. The molecule has 0 aliphatic carbocycles. The van der Waals surface area contributed by atoms with Gasteiger partial charge in [0, 0.05) is 0 Å². The minimum absolute atomic E-state index is 0.649. The summed E-state index contributed by atoms with van der Waals surface area (Å²) in [6.07, 6.45) is 5.29. The summed E-state index contributed by atoms with van der Waals surface area (Å²) in [5.41, 5.74) is 4.13. The molecule has 0 saturated heterocycles. The lowest BCUT2D eigenvalue weighted by atomic mass is 9.90. The molecule has 0 aliphatic rings. The predicted molar refractivity (Wildman–Crippen MR) is 66.5 cm³/mol. The number of allylic oxidation sites excluding steroid dienone is 3. The standard InChI is InChI=1S/C14H26/c1-7-8-9-10-12(4)14(6)13(5)11(2)3/h12H,6-10H2,1-5H3. The van der Waals surface area contributed by atoms with E-state index < -0.39 is 0 Å². The highest BCUT2D eigenvalue weighted by Gasteiger charge is 2.08. The van der Waals surface area contributed by atoms with Crippen LogP contribution in [0.2, 0.25) is 0 Å². The summed E-state index contributed by atoms with van der Waals surface area (Å²) >= 11 is 0. The topological polar surface area (TPSA) is 0 Å². The lowest BCUT2D eigenvalue weighted by molar-refractivity contribution is 0.558. The number of hydrogen-bond acceptors (Lipinski definition) is 0. The SMILES string of the molecule is C=C(C(C)=C(C)C)C(C)CCCCC. The van der Waals surface area contributed by atoms with E-state index in [4.69, 9.17) is 0 Å². The van der Waals surface area contributed by atoms with Gasteiger partial charge in [-0.15, -0.1) is 0 Å². The van der Waals surface area contributed by atoms with Gasteiger partial charge in [-0.1, -0.05) is 45.3 Å². The Morgan fingerprint density at radius 1 is 1.14 bits per heavy atom. The van der Waals surface area contributed by atoms with E-state index in [1.165, 1.54) is 42.4 Å². The molecule has 0 bridgehead atoms. The van der Waals surface area contributed by atoms with E-state index in [9.17, 15) is 0 Å². The summed E-state index contributed by atoms with van der Waals surface area (Å²) in [5, 5.41) is 0. The zero-order chi connectivity index (χ0) is 11.1. The third-order valence-electron chi connectivity index (χ3n) is 3.07. The molecule has 0 aromatic carbocycles. The highest BCUT2D eigenvalue weighted by molar-refractivity contribution is 5.31. The van der Waals surface area contributed by atoms with Gasteiger partial charge in [-0.3, -0.25) is 0 Å². The van der Waals surface area contributed by atoms with Gasteiger partial charge in [0.2, 0.25) is 0 Å². The minimum atomic E-state index is 0.649. The van der Waals surface area contributed by atoms with Crippen LogP contribution in [0.1, 0.15) is 60.3 Å². The number of rotatable bonds is 6. The van der Waals surface area contributed by atoms with Gasteiger partial charge in [-0.05, 0) is 44.3 Å². The monoisotopic (exact) mass is 194 g/mol. The fourth-order valence-electron chi connectivity index (χ4n) is 1.57. The second kappa shape index (κ2) is 6.86. The quantitative estimate of drug-likeness (QED) is 0.407. The minimum Gasteiger partial charge on any atom is -0.0953 e. The van der Waals surface area contributed by atoms with Crippen LogP contribution in [-0.2, 0) is 0 Å². The van der Waals surface area contributed by atoms with Crippen molar-refractivity contribution in [3.63, 3.8) is 0 Å². The molecule has 14 heavy (non-hydrogen) atoms. The Balaban J connectivity index is 4.07. The summed E-state index contributed by atoms with van der Waals surface area (Å²) < 4.78 is 0. The molecule has 82 valence electrons. The van der Waals surface area contributed by atoms with Crippen molar-refractivity contribution >= 4 is 0 Å². The van der Waals surface area contributed by atoms with Gasteiger partial charge >= 0.3 is 0 Å². The molecular formula is C14H26. The van der Waals surface area contributed by atoms with Gasteiger partial charge in [0.1, 0.15) is 0 Å². The summed E-state index contributed by atoms with van der Waals surface area (Å²) in [6.45, 7) is 15.3. The molecule has 1 unspecified atom stereocenters. The van der Waals surface area contributed by atoms with E-state index >= 15 is 0 Å². The summed E-state index contributed by atoms with van der Waals surface area (Å²) in [5.74, 6) is 0.649. The molecule has 0 fully saturated rings. The first-order chi connectivity index (χ1) is 6.50. The maximum absolute atomic E-state index is 4.20. The molecule has 0 rings (SSSR count). The van der Waals surface area contributed by atoms with Crippen molar-refractivity contribution in [2.24, 2.45) is 5.92 Å². The van der Waals surface area contributed by atoms with Crippen LogP contribution >= 0.6 is 0 Å². The van der Waals surface area contributed by atoms with Crippen molar-refractivity contribution in [3.05, 3.63) is 23.3 Å². The van der Waals surface area contributed by atoms with Crippen molar-refractivity contribution in [2.75, 3.05) is 0 Å². The fourth-order valence-corrected chi connectivity index (χ4v) is 1.57. The largest absolute Gasteiger partial charge is 0.0953 e. The fraction of sp³-hybridized carbons (Fsp3) is 0.714. The maximum Gasteiger partial charge on any atom is -0.0194 e. The van der Waals surface area contributed by atoms with Crippen LogP contribution in [0.3, 0.4) is 0 Å².